The number of hydrogen-bond donors (Lipinski definition) is 1. The summed E-state index contributed by atoms with van der Waals surface area (Å²) < 4.78 is 1.46. The topological polar surface area (TPSA) is 85.4 Å². The molecule has 2 fully saturated rings. The Bertz CT molecular complexity index is 1410. The number of benzene rings is 1. The first-order valence-electron chi connectivity index (χ1n) is 11.1. The van der Waals surface area contributed by atoms with Gasteiger partial charge in [0.1, 0.15) is 28.1 Å². The van der Waals surface area contributed by atoms with Crippen LogP contribution in [0.15, 0.2) is 35.1 Å². The van der Waals surface area contributed by atoms with Crippen molar-refractivity contribution in [3.8, 4) is 11.8 Å². The highest BCUT2D eigenvalue weighted by atomic mass is 35.5. The highest BCUT2D eigenvalue weighted by Gasteiger charge is 2.58. The number of phenolic OH excluding ortho intramolecular Hbond substituents is 1. The van der Waals surface area contributed by atoms with Crippen LogP contribution in [0.2, 0.25) is 10.2 Å². The molecule has 0 radical (unpaired) electrons. The third kappa shape index (κ3) is 3.44. The number of hydrogen-bond acceptors (Lipinski definition) is 6. The van der Waals surface area contributed by atoms with Gasteiger partial charge in [-0.25, -0.2) is 4.98 Å². The zero-order chi connectivity index (χ0) is 24.4. The smallest absolute Gasteiger partial charge is 0.270 e. The first-order chi connectivity index (χ1) is 16.0. The van der Waals surface area contributed by atoms with Gasteiger partial charge in [0.15, 0.2) is 0 Å². The maximum Gasteiger partial charge on any atom is 0.270 e. The van der Waals surface area contributed by atoms with Crippen molar-refractivity contribution in [3.63, 3.8) is 0 Å². The van der Waals surface area contributed by atoms with E-state index < -0.39 is 0 Å². The minimum absolute atomic E-state index is 0.0895. The molecule has 1 N–H and O–H groups in total. The van der Waals surface area contributed by atoms with Gasteiger partial charge in [0.05, 0.1) is 11.2 Å². The van der Waals surface area contributed by atoms with Crippen LogP contribution in [0.5, 0.6) is 5.75 Å². The van der Waals surface area contributed by atoms with Crippen LogP contribution in [0.3, 0.4) is 0 Å². The molecule has 176 valence electrons. The lowest BCUT2D eigenvalue weighted by Crippen LogP contribution is -2.34. The summed E-state index contributed by atoms with van der Waals surface area (Å²) in [5, 5.41) is 21.0. The average molecular weight is 498 g/mol. The second-order valence-electron chi connectivity index (χ2n) is 10.1. The number of rotatable bonds is 3. The number of pyridine rings is 2. The summed E-state index contributed by atoms with van der Waals surface area (Å²) in [6.07, 6.45) is 0. The zero-order valence-corrected chi connectivity index (χ0v) is 20.8. The quantitative estimate of drug-likeness (QED) is 0.546. The predicted molar refractivity (Wildman–Crippen MR) is 134 cm³/mol. The normalized spacial score (nSPS) is 24.5. The Hall–Kier alpha value is -2.79. The standard InChI is InChI=1S/C25H25Cl2N5O2/c1-24-11-31(10-15-4-5-16(26)8-19(15)33)12-25(24,2)14-32(13-24)22-17(9-28)23(34)30(3)18-6-7-20(27)29-21(18)22/h4-8,33H,10-14H2,1-3H3/t24-,25+. The van der Waals surface area contributed by atoms with Gasteiger partial charge in [0, 0.05) is 61.2 Å². The van der Waals surface area contributed by atoms with Crippen LogP contribution in [0.1, 0.15) is 25.0 Å². The van der Waals surface area contributed by atoms with Crippen molar-refractivity contribution in [2.24, 2.45) is 17.9 Å². The van der Waals surface area contributed by atoms with Gasteiger partial charge in [-0.3, -0.25) is 9.69 Å². The fourth-order valence-electron chi connectivity index (χ4n) is 5.76. The summed E-state index contributed by atoms with van der Waals surface area (Å²) in [6.45, 7) is 8.13. The largest absolute Gasteiger partial charge is 0.508 e. The molecule has 7 nitrogen and oxygen atoms in total. The Balaban J connectivity index is 1.50. The van der Waals surface area contributed by atoms with Gasteiger partial charge in [0.25, 0.3) is 5.56 Å². The van der Waals surface area contributed by atoms with Crippen molar-refractivity contribution >= 4 is 39.9 Å². The van der Waals surface area contributed by atoms with E-state index in [9.17, 15) is 15.2 Å². The van der Waals surface area contributed by atoms with E-state index in [4.69, 9.17) is 23.2 Å². The van der Waals surface area contributed by atoms with E-state index in [-0.39, 0.29) is 27.7 Å². The third-order valence-corrected chi connectivity index (χ3v) is 8.18. The molecule has 9 heteroatoms. The Morgan fingerprint density at radius 1 is 1.12 bits per heavy atom. The monoisotopic (exact) mass is 497 g/mol. The van der Waals surface area contributed by atoms with Crippen molar-refractivity contribution < 1.29 is 5.11 Å². The van der Waals surface area contributed by atoms with Gasteiger partial charge in [0.2, 0.25) is 0 Å². The molecular formula is C25H25Cl2N5O2. The Morgan fingerprint density at radius 3 is 2.41 bits per heavy atom. The number of nitrogens with zero attached hydrogens (tertiary/aromatic N) is 5. The van der Waals surface area contributed by atoms with Crippen LogP contribution >= 0.6 is 23.2 Å². The number of aromatic hydroxyl groups is 1. The number of likely N-dealkylation sites (tertiary alicyclic amines) is 1. The van der Waals surface area contributed by atoms with E-state index in [1.165, 1.54) is 4.57 Å². The summed E-state index contributed by atoms with van der Waals surface area (Å²) in [4.78, 5) is 22.0. The van der Waals surface area contributed by atoms with Crippen molar-refractivity contribution in [1.82, 2.24) is 14.5 Å². The van der Waals surface area contributed by atoms with Crippen molar-refractivity contribution in [1.29, 1.82) is 5.26 Å². The van der Waals surface area contributed by atoms with E-state index in [1.54, 1.807) is 31.3 Å². The van der Waals surface area contributed by atoms with Crippen LogP contribution in [-0.2, 0) is 13.6 Å². The number of anilines is 1. The molecule has 0 aliphatic carbocycles. The first kappa shape index (κ1) is 23.0. The fourth-order valence-corrected chi connectivity index (χ4v) is 6.08. The summed E-state index contributed by atoms with van der Waals surface area (Å²) in [5.41, 5.74) is 2.22. The van der Waals surface area contributed by atoms with Gasteiger partial charge in [-0.05, 0) is 24.3 Å². The van der Waals surface area contributed by atoms with Crippen LogP contribution in [-0.4, -0.2) is 45.7 Å². The Kier molecular flexibility index (Phi) is 5.32. The summed E-state index contributed by atoms with van der Waals surface area (Å²) in [7, 11) is 1.65. The molecule has 3 aromatic rings. The average Bonchev–Trinajstić information content (AvgIpc) is 3.15. The van der Waals surface area contributed by atoms with Crippen LogP contribution in [0, 0.1) is 22.2 Å². The van der Waals surface area contributed by atoms with E-state index in [1.807, 2.05) is 6.07 Å². The zero-order valence-electron chi connectivity index (χ0n) is 19.3. The van der Waals surface area contributed by atoms with E-state index >= 15 is 0 Å². The number of fused-ring (bicyclic) bond motifs is 2. The SMILES string of the molecule is Cn1c(=O)c(C#N)c(N2C[C@]3(C)CN(Cc4ccc(Cl)cc4O)C[C@]3(C)C2)c2nc(Cl)ccc21. The molecule has 2 saturated heterocycles. The van der Waals surface area contributed by atoms with Crippen LogP contribution < -0.4 is 10.5 Å². The number of aryl methyl sites for hydroxylation is 1. The van der Waals surface area contributed by atoms with E-state index in [0.717, 1.165) is 18.7 Å². The Labute approximate surface area is 207 Å². The molecule has 2 aliphatic heterocycles. The minimum atomic E-state index is -0.332. The molecule has 34 heavy (non-hydrogen) atoms. The van der Waals surface area contributed by atoms with E-state index in [2.05, 4.69) is 34.7 Å². The van der Waals surface area contributed by atoms with Gasteiger partial charge in [-0.15, -0.1) is 0 Å². The molecule has 0 bridgehead atoms. The highest BCUT2D eigenvalue weighted by Crippen LogP contribution is 2.53. The molecular weight excluding hydrogens is 473 g/mol. The maximum atomic E-state index is 13.0. The van der Waals surface area contributed by atoms with Gasteiger partial charge < -0.3 is 14.6 Å². The molecule has 0 saturated carbocycles. The second kappa shape index (κ2) is 7.88. The highest BCUT2D eigenvalue weighted by molar-refractivity contribution is 6.30. The molecule has 0 spiro atoms. The fraction of sp³-hybridized carbons (Fsp3) is 0.400. The van der Waals surface area contributed by atoms with Gasteiger partial charge in [-0.1, -0.05) is 43.1 Å². The lowest BCUT2D eigenvalue weighted by atomic mass is 9.71. The molecule has 4 heterocycles. The molecule has 2 aromatic heterocycles. The van der Waals surface area contributed by atoms with Gasteiger partial charge in [-0.2, -0.15) is 5.26 Å². The number of aromatic nitrogens is 2. The van der Waals surface area contributed by atoms with Crippen molar-refractivity contribution in [2.75, 3.05) is 31.1 Å². The molecule has 0 unspecified atom stereocenters. The van der Waals surface area contributed by atoms with Gasteiger partial charge >= 0.3 is 0 Å². The third-order valence-electron chi connectivity index (χ3n) is 7.73. The number of nitriles is 1. The molecule has 1 aromatic carbocycles. The molecule has 0 amide bonds. The lowest BCUT2D eigenvalue weighted by Gasteiger charge is -2.30. The summed E-state index contributed by atoms with van der Waals surface area (Å²) in [5.74, 6) is 0.203. The maximum absolute atomic E-state index is 13.0. The molecule has 5 rings (SSSR count). The van der Waals surface area contributed by atoms with Crippen molar-refractivity contribution in [3.05, 3.63) is 62.0 Å². The first-order valence-corrected chi connectivity index (χ1v) is 11.8. The Morgan fingerprint density at radius 2 is 1.79 bits per heavy atom. The van der Waals surface area contributed by atoms with Crippen LogP contribution in [0.4, 0.5) is 5.69 Å². The van der Waals surface area contributed by atoms with E-state index in [0.29, 0.717) is 46.5 Å². The molecule has 2 atom stereocenters. The minimum Gasteiger partial charge on any atom is -0.508 e. The molecule has 2 aliphatic rings. The number of phenols is 1. The second-order valence-corrected chi connectivity index (χ2v) is 10.9. The summed E-state index contributed by atoms with van der Waals surface area (Å²) in [6, 6.07) is 10.8. The predicted octanol–water partition coefficient (Wildman–Crippen LogP) is 4.17. The van der Waals surface area contributed by atoms with Crippen molar-refractivity contribution in [2.45, 2.75) is 20.4 Å². The summed E-state index contributed by atoms with van der Waals surface area (Å²) >= 11 is 12.2. The van der Waals surface area contributed by atoms with Crippen LogP contribution in [0.25, 0.3) is 11.0 Å². The lowest BCUT2D eigenvalue weighted by molar-refractivity contribution is 0.212. The number of halogens is 2.